The molecule has 1 rings (SSSR count). The molecule has 0 aromatic heterocycles. The molecule has 0 aromatic carbocycles. The van der Waals surface area contributed by atoms with Crippen LogP contribution in [-0.4, -0.2) is 58.4 Å². The number of hydroxylamine groups is 2. The van der Waals surface area contributed by atoms with Gasteiger partial charge in [0.2, 0.25) is 5.91 Å². The van der Waals surface area contributed by atoms with Crippen molar-refractivity contribution in [1.82, 2.24) is 10.4 Å². The molecule has 1 unspecified atom stereocenters. The summed E-state index contributed by atoms with van der Waals surface area (Å²) in [6, 6.07) is -0.613. The van der Waals surface area contributed by atoms with Gasteiger partial charge < -0.3 is 15.3 Å². The third-order valence-corrected chi connectivity index (χ3v) is 5.07. The molecular formula is C16H30N2O4S. The van der Waals surface area contributed by atoms with Crippen LogP contribution in [0, 0.1) is 5.92 Å². The fourth-order valence-corrected chi connectivity index (χ4v) is 3.84. The predicted octanol–water partition coefficient (Wildman–Crippen LogP) is 2.06. The standard InChI is InChI=1S/C16H30N2O4S/c1-15(2)9-11(10-16(3,4)18(15)21)13(19)17-12(7-8-23-6)14(20)22-5/h11-12,21H,7-10H2,1-6H3,(H,17,19). The first-order chi connectivity index (χ1) is 10.5. The second-order valence-corrected chi connectivity index (χ2v) is 8.39. The Hall–Kier alpha value is -0.790. The minimum atomic E-state index is -0.613. The molecule has 0 radical (unpaired) electrons. The summed E-state index contributed by atoms with van der Waals surface area (Å²) in [4.78, 5) is 24.5. The number of piperidine rings is 1. The molecule has 1 heterocycles. The number of carbonyl (C=O) groups is 2. The highest BCUT2D eigenvalue weighted by molar-refractivity contribution is 7.98. The zero-order valence-electron chi connectivity index (χ0n) is 15.0. The van der Waals surface area contributed by atoms with E-state index in [1.165, 1.54) is 12.2 Å². The van der Waals surface area contributed by atoms with E-state index in [9.17, 15) is 14.8 Å². The van der Waals surface area contributed by atoms with Crippen LogP contribution in [0.3, 0.4) is 0 Å². The van der Waals surface area contributed by atoms with Gasteiger partial charge in [-0.3, -0.25) is 4.79 Å². The van der Waals surface area contributed by atoms with Gasteiger partial charge in [-0.15, -0.1) is 0 Å². The van der Waals surface area contributed by atoms with Crippen LogP contribution in [0.4, 0.5) is 0 Å². The van der Waals surface area contributed by atoms with Gasteiger partial charge in [-0.1, -0.05) is 0 Å². The van der Waals surface area contributed by atoms with Gasteiger partial charge in [-0.2, -0.15) is 16.8 Å². The third kappa shape index (κ3) is 5.09. The Balaban J connectivity index is 2.81. The first-order valence-electron chi connectivity index (χ1n) is 7.91. The number of amides is 1. The number of carbonyl (C=O) groups excluding carboxylic acids is 2. The lowest BCUT2D eigenvalue weighted by Gasteiger charge is -2.51. The molecule has 134 valence electrons. The van der Waals surface area contributed by atoms with Crippen LogP contribution in [-0.2, 0) is 14.3 Å². The Bertz CT molecular complexity index is 422. The average molecular weight is 346 g/mol. The highest BCUT2D eigenvalue weighted by Crippen LogP contribution is 2.40. The van der Waals surface area contributed by atoms with Crippen LogP contribution in [0.5, 0.6) is 0 Å². The summed E-state index contributed by atoms with van der Waals surface area (Å²) in [5, 5.41) is 14.5. The Morgan fingerprint density at radius 3 is 2.26 bits per heavy atom. The van der Waals surface area contributed by atoms with Crippen LogP contribution >= 0.6 is 11.8 Å². The SMILES string of the molecule is COC(=O)C(CCSC)NC(=O)C1CC(C)(C)N(O)C(C)(C)C1. The second-order valence-electron chi connectivity index (χ2n) is 7.41. The Morgan fingerprint density at radius 1 is 1.30 bits per heavy atom. The predicted molar refractivity (Wildman–Crippen MR) is 91.5 cm³/mol. The fraction of sp³-hybridized carbons (Fsp3) is 0.875. The molecule has 7 heteroatoms. The number of rotatable bonds is 6. The highest BCUT2D eigenvalue weighted by atomic mass is 32.2. The van der Waals surface area contributed by atoms with Crippen LogP contribution < -0.4 is 5.32 Å². The molecule has 0 aromatic rings. The van der Waals surface area contributed by atoms with Gasteiger partial charge in [0.25, 0.3) is 0 Å². The molecule has 1 aliphatic heterocycles. The van der Waals surface area contributed by atoms with E-state index in [1.54, 1.807) is 11.8 Å². The highest BCUT2D eigenvalue weighted by Gasteiger charge is 2.47. The second kappa shape index (κ2) is 7.85. The van der Waals surface area contributed by atoms with Crippen LogP contribution in [0.15, 0.2) is 0 Å². The summed E-state index contributed by atoms with van der Waals surface area (Å²) in [6.45, 7) is 7.67. The van der Waals surface area contributed by atoms with Crippen molar-refractivity contribution in [1.29, 1.82) is 0 Å². The zero-order chi connectivity index (χ0) is 17.8. The quantitative estimate of drug-likeness (QED) is 0.717. The van der Waals surface area contributed by atoms with Crippen LogP contribution in [0.1, 0.15) is 47.0 Å². The topological polar surface area (TPSA) is 78.9 Å². The summed E-state index contributed by atoms with van der Waals surface area (Å²) < 4.78 is 4.79. The van der Waals surface area contributed by atoms with E-state index in [0.717, 1.165) is 5.75 Å². The molecule has 0 saturated carbocycles. The van der Waals surface area contributed by atoms with Gasteiger partial charge in [-0.05, 0) is 59.0 Å². The number of hydrogen-bond donors (Lipinski definition) is 2. The van der Waals surface area contributed by atoms with Crippen LogP contribution in [0.2, 0.25) is 0 Å². The Labute approximate surface area is 143 Å². The number of nitrogens with zero attached hydrogens (tertiary/aromatic N) is 1. The first-order valence-corrected chi connectivity index (χ1v) is 9.31. The lowest BCUT2D eigenvalue weighted by molar-refractivity contribution is -0.249. The summed E-state index contributed by atoms with van der Waals surface area (Å²) in [5.74, 6) is -0.0299. The van der Waals surface area contributed by atoms with E-state index in [2.05, 4.69) is 5.32 Å². The van der Waals surface area contributed by atoms with E-state index < -0.39 is 23.1 Å². The zero-order valence-corrected chi connectivity index (χ0v) is 15.8. The minimum absolute atomic E-state index is 0.143. The van der Waals surface area contributed by atoms with Crippen molar-refractivity contribution in [3.8, 4) is 0 Å². The normalized spacial score (nSPS) is 22.4. The lowest BCUT2D eigenvalue weighted by atomic mass is 9.75. The van der Waals surface area contributed by atoms with Crippen molar-refractivity contribution in [3.63, 3.8) is 0 Å². The number of thioether (sulfide) groups is 1. The minimum Gasteiger partial charge on any atom is -0.467 e. The summed E-state index contributed by atoms with van der Waals surface area (Å²) in [5.41, 5.74) is -0.992. The van der Waals surface area contributed by atoms with Crippen molar-refractivity contribution in [2.75, 3.05) is 19.1 Å². The van der Waals surface area contributed by atoms with Gasteiger partial charge in [0.1, 0.15) is 6.04 Å². The maximum atomic E-state index is 12.6. The molecule has 1 fully saturated rings. The van der Waals surface area contributed by atoms with Gasteiger partial charge >= 0.3 is 5.97 Å². The molecule has 1 amide bonds. The molecule has 1 atom stereocenters. The molecule has 23 heavy (non-hydrogen) atoms. The van der Waals surface area contributed by atoms with Gasteiger partial charge in [-0.25, -0.2) is 4.79 Å². The number of methoxy groups -OCH3 is 1. The van der Waals surface area contributed by atoms with E-state index >= 15 is 0 Å². The lowest BCUT2D eigenvalue weighted by Crippen LogP contribution is -2.61. The average Bonchev–Trinajstić information content (AvgIpc) is 2.47. The smallest absolute Gasteiger partial charge is 0.328 e. The van der Waals surface area contributed by atoms with Crippen molar-refractivity contribution < 1.29 is 19.5 Å². The van der Waals surface area contributed by atoms with E-state index in [0.29, 0.717) is 19.3 Å². The summed E-state index contributed by atoms with van der Waals surface area (Å²) in [7, 11) is 1.33. The third-order valence-electron chi connectivity index (χ3n) is 4.42. The molecule has 2 N–H and O–H groups in total. The van der Waals surface area contributed by atoms with Gasteiger partial charge in [0, 0.05) is 17.0 Å². The number of ether oxygens (including phenoxy) is 1. The summed E-state index contributed by atoms with van der Waals surface area (Å²) in [6.07, 6.45) is 3.58. The first kappa shape index (κ1) is 20.3. The number of hydrogen-bond acceptors (Lipinski definition) is 6. The van der Waals surface area contributed by atoms with Crippen molar-refractivity contribution in [2.24, 2.45) is 5.92 Å². The van der Waals surface area contributed by atoms with E-state index in [1.807, 2.05) is 34.0 Å². The molecule has 0 bridgehead atoms. The van der Waals surface area contributed by atoms with Crippen molar-refractivity contribution in [3.05, 3.63) is 0 Å². The fourth-order valence-electron chi connectivity index (χ4n) is 3.37. The summed E-state index contributed by atoms with van der Waals surface area (Å²) >= 11 is 1.62. The van der Waals surface area contributed by atoms with Gasteiger partial charge in [0.05, 0.1) is 7.11 Å². The molecule has 1 saturated heterocycles. The molecule has 0 spiro atoms. The van der Waals surface area contributed by atoms with Crippen molar-refractivity contribution in [2.45, 2.75) is 64.1 Å². The molecule has 6 nitrogen and oxygen atoms in total. The largest absolute Gasteiger partial charge is 0.467 e. The molecular weight excluding hydrogens is 316 g/mol. The monoisotopic (exact) mass is 346 g/mol. The van der Waals surface area contributed by atoms with Crippen molar-refractivity contribution >= 4 is 23.6 Å². The number of nitrogens with one attached hydrogen (secondary N) is 1. The maximum Gasteiger partial charge on any atom is 0.328 e. The Morgan fingerprint density at radius 2 is 1.83 bits per heavy atom. The number of esters is 1. The Kier molecular flexibility index (Phi) is 6.92. The van der Waals surface area contributed by atoms with Gasteiger partial charge in [0.15, 0.2) is 0 Å². The van der Waals surface area contributed by atoms with E-state index in [4.69, 9.17) is 4.74 Å². The maximum absolute atomic E-state index is 12.6. The van der Waals surface area contributed by atoms with Crippen LogP contribution in [0.25, 0.3) is 0 Å². The molecule has 0 aliphatic carbocycles. The van der Waals surface area contributed by atoms with E-state index in [-0.39, 0.29) is 11.8 Å². The molecule has 1 aliphatic rings.